The summed E-state index contributed by atoms with van der Waals surface area (Å²) < 4.78 is 16.9. The van der Waals surface area contributed by atoms with Crippen molar-refractivity contribution in [3.8, 4) is 0 Å². The molecule has 0 aliphatic carbocycles. The van der Waals surface area contributed by atoms with E-state index in [4.69, 9.17) is 30.1 Å². The molecule has 3 N–H and O–H groups in total. The molecular formula is C34H71ClN2O8Si2. The van der Waals surface area contributed by atoms with Gasteiger partial charge in [0.2, 0.25) is 0 Å². The van der Waals surface area contributed by atoms with Crippen LogP contribution in [0.4, 0.5) is 9.59 Å². The summed E-state index contributed by atoms with van der Waals surface area (Å²) in [4.78, 5) is 27.2. The zero-order valence-electron chi connectivity index (χ0n) is 32.6. The predicted octanol–water partition coefficient (Wildman–Crippen LogP) is 7.45. The first-order valence-corrected chi connectivity index (χ1v) is 24.0. The van der Waals surface area contributed by atoms with Gasteiger partial charge in [0, 0.05) is 44.6 Å². The summed E-state index contributed by atoms with van der Waals surface area (Å²) >= 11 is 6.15. The van der Waals surface area contributed by atoms with Gasteiger partial charge in [-0.1, -0.05) is 54.6 Å². The van der Waals surface area contributed by atoms with Crippen molar-refractivity contribution >= 4 is 39.0 Å². The van der Waals surface area contributed by atoms with Crippen molar-refractivity contribution in [1.82, 2.24) is 9.80 Å². The molecule has 2 amide bonds. The van der Waals surface area contributed by atoms with E-state index in [9.17, 15) is 19.8 Å². The van der Waals surface area contributed by atoms with E-state index in [0.29, 0.717) is 50.7 Å². The fourth-order valence-corrected chi connectivity index (χ4v) is 4.96. The molecule has 0 saturated carbocycles. The SMILES string of the molecule is CC(C)(C)OC(=O)N1CCC(O)C(CO)C1.CC(C)(C)OC(=O)N1CCC(O)C(CO[Si](C)(C)C(C)(C)C)C1.CC(C)(C)[Si](C)(C)Cl. The molecule has 10 nitrogen and oxygen atoms in total. The summed E-state index contributed by atoms with van der Waals surface area (Å²) in [5.74, 6) is -0.313. The first-order valence-electron chi connectivity index (χ1n) is 17.1. The van der Waals surface area contributed by atoms with Gasteiger partial charge in [0.1, 0.15) is 11.2 Å². The Labute approximate surface area is 293 Å². The second kappa shape index (κ2) is 17.9. The third-order valence-electron chi connectivity index (χ3n) is 9.17. The van der Waals surface area contributed by atoms with Crippen molar-refractivity contribution in [2.24, 2.45) is 11.8 Å². The molecule has 13 heteroatoms. The lowest BCUT2D eigenvalue weighted by atomic mass is 9.96. The summed E-state index contributed by atoms with van der Waals surface area (Å²) in [6.07, 6.45) is -0.559. The molecule has 47 heavy (non-hydrogen) atoms. The molecule has 280 valence electrons. The number of hydrogen-bond donors (Lipinski definition) is 3. The Bertz CT molecular complexity index is 954. The highest BCUT2D eigenvalue weighted by Crippen LogP contribution is 2.38. The minimum absolute atomic E-state index is 0.0506. The highest BCUT2D eigenvalue weighted by molar-refractivity contribution is 7.20. The summed E-state index contributed by atoms with van der Waals surface area (Å²) in [6, 6.07) is 0. The van der Waals surface area contributed by atoms with Gasteiger partial charge in [-0.2, -0.15) is 11.1 Å². The molecular weight excluding hydrogens is 656 g/mol. The molecule has 2 rings (SSSR count). The van der Waals surface area contributed by atoms with Crippen LogP contribution in [0.5, 0.6) is 0 Å². The summed E-state index contributed by atoms with van der Waals surface area (Å²) in [5.41, 5.74) is -1.01. The van der Waals surface area contributed by atoms with Crippen molar-refractivity contribution < 1.29 is 38.8 Å². The molecule has 4 atom stereocenters. The second-order valence-electron chi connectivity index (χ2n) is 18.1. The minimum atomic E-state index is -1.85. The van der Waals surface area contributed by atoms with Crippen molar-refractivity contribution in [2.75, 3.05) is 39.4 Å². The Morgan fingerprint density at radius 3 is 1.34 bits per heavy atom. The third kappa shape index (κ3) is 17.5. The van der Waals surface area contributed by atoms with Gasteiger partial charge in [-0.15, -0.1) is 0 Å². The minimum Gasteiger partial charge on any atom is -0.444 e. The topological polar surface area (TPSA) is 129 Å². The van der Waals surface area contributed by atoms with E-state index in [0.717, 1.165) is 0 Å². The van der Waals surface area contributed by atoms with Crippen molar-refractivity contribution in [1.29, 1.82) is 0 Å². The molecule has 0 spiro atoms. The number of carbonyl (C=O) groups excluding carboxylic acids is 2. The van der Waals surface area contributed by atoms with Crippen LogP contribution in [0.1, 0.15) is 95.9 Å². The van der Waals surface area contributed by atoms with Crippen LogP contribution in [0, 0.1) is 11.8 Å². The fourth-order valence-electron chi connectivity index (χ4n) is 3.90. The zero-order chi connectivity index (χ0) is 37.4. The van der Waals surface area contributed by atoms with Crippen molar-refractivity contribution in [3.63, 3.8) is 0 Å². The quantitative estimate of drug-likeness (QED) is 0.201. The molecule has 0 aromatic heterocycles. The molecule has 2 aliphatic rings. The number of piperidine rings is 2. The first-order chi connectivity index (χ1) is 20.8. The summed E-state index contributed by atoms with van der Waals surface area (Å²) in [6.45, 7) is 35.2. The van der Waals surface area contributed by atoms with Gasteiger partial charge < -0.3 is 39.0 Å². The number of rotatable bonds is 4. The van der Waals surface area contributed by atoms with E-state index < -0.39 is 39.1 Å². The number of ether oxygens (including phenoxy) is 2. The lowest BCUT2D eigenvalue weighted by Crippen LogP contribution is -2.51. The van der Waals surface area contributed by atoms with Gasteiger partial charge in [0.15, 0.2) is 15.7 Å². The second-order valence-corrected chi connectivity index (χ2v) is 30.2. The monoisotopic (exact) mass is 726 g/mol. The molecule has 0 bridgehead atoms. The van der Waals surface area contributed by atoms with Crippen LogP contribution in [-0.2, 0) is 13.9 Å². The summed E-state index contributed by atoms with van der Waals surface area (Å²) in [5, 5.41) is 29.4. The fraction of sp³-hybridized carbons (Fsp3) is 0.941. The Morgan fingerprint density at radius 1 is 0.702 bits per heavy atom. The normalized spacial score (nSPS) is 23.1. The van der Waals surface area contributed by atoms with E-state index in [1.807, 2.05) is 41.5 Å². The average Bonchev–Trinajstić information content (AvgIpc) is 2.85. The average molecular weight is 728 g/mol. The van der Waals surface area contributed by atoms with Crippen LogP contribution in [0.3, 0.4) is 0 Å². The molecule has 0 aromatic rings. The van der Waals surface area contributed by atoms with Crippen LogP contribution in [0.25, 0.3) is 0 Å². The maximum atomic E-state index is 12.2. The highest BCUT2D eigenvalue weighted by Gasteiger charge is 2.40. The number of carbonyl (C=O) groups is 2. The van der Waals surface area contributed by atoms with E-state index in [1.165, 1.54) is 0 Å². The number of aliphatic hydroxyl groups excluding tert-OH is 3. The van der Waals surface area contributed by atoms with Crippen LogP contribution in [0.15, 0.2) is 0 Å². The largest absolute Gasteiger partial charge is 0.444 e. The van der Waals surface area contributed by atoms with E-state index >= 15 is 0 Å². The van der Waals surface area contributed by atoms with Gasteiger partial charge in [-0.3, -0.25) is 0 Å². The number of halogens is 1. The number of amides is 2. The van der Waals surface area contributed by atoms with Crippen LogP contribution in [0.2, 0.25) is 36.3 Å². The Morgan fingerprint density at radius 2 is 1.04 bits per heavy atom. The molecule has 0 aromatic carbocycles. The van der Waals surface area contributed by atoms with E-state index in [2.05, 4.69) is 67.7 Å². The summed E-state index contributed by atoms with van der Waals surface area (Å²) in [7, 11) is -3.24. The third-order valence-corrected chi connectivity index (χ3v) is 18.9. The van der Waals surface area contributed by atoms with E-state index in [-0.39, 0.29) is 35.7 Å². The molecule has 0 radical (unpaired) electrons. The molecule has 2 heterocycles. The van der Waals surface area contributed by atoms with Crippen LogP contribution < -0.4 is 0 Å². The predicted molar refractivity (Wildman–Crippen MR) is 197 cm³/mol. The number of aliphatic hydroxyl groups is 3. The first kappa shape index (κ1) is 46.1. The number of nitrogens with zero attached hydrogens (tertiary/aromatic N) is 2. The Kier molecular flexibility index (Phi) is 17.5. The smallest absolute Gasteiger partial charge is 0.410 e. The van der Waals surface area contributed by atoms with Gasteiger partial charge in [0.25, 0.3) is 0 Å². The van der Waals surface area contributed by atoms with Gasteiger partial charge in [-0.05, 0) is 77.6 Å². The number of hydrogen-bond acceptors (Lipinski definition) is 8. The van der Waals surface area contributed by atoms with Gasteiger partial charge in [0.05, 0.1) is 18.8 Å². The van der Waals surface area contributed by atoms with Crippen LogP contribution >= 0.6 is 11.1 Å². The Balaban J connectivity index is 0.000000761. The Hall–Kier alpha value is -0.896. The zero-order valence-corrected chi connectivity index (χ0v) is 35.4. The highest BCUT2D eigenvalue weighted by atomic mass is 35.6. The maximum absolute atomic E-state index is 12.2. The molecule has 2 aliphatic heterocycles. The molecule has 2 fully saturated rings. The maximum Gasteiger partial charge on any atom is 0.410 e. The number of likely N-dealkylation sites (tertiary alicyclic amines) is 2. The van der Waals surface area contributed by atoms with Gasteiger partial charge in [-0.25, -0.2) is 9.59 Å². The van der Waals surface area contributed by atoms with Crippen molar-refractivity contribution in [2.45, 2.75) is 156 Å². The molecule has 4 unspecified atom stereocenters. The molecule has 2 saturated heterocycles. The van der Waals surface area contributed by atoms with E-state index in [1.54, 1.807) is 9.80 Å². The standard InChI is InChI=1S/C17H35NO4Si.C11H21NO4.C6H15ClSi/c1-16(2,3)22-15(20)18-10-9-14(19)13(11-18)12-21-23(7,8)17(4,5)6;1-11(2,3)16-10(15)12-5-4-9(14)8(6-12)7-13;1-6(2,3)8(4,5)7/h13-14,19H,9-12H2,1-8H3;8-9,13-14H,4-7H2,1-3H3;1-5H3. The van der Waals surface area contributed by atoms with Gasteiger partial charge >= 0.3 is 12.2 Å². The van der Waals surface area contributed by atoms with Crippen LogP contribution in [-0.4, -0.2) is 116 Å². The lowest BCUT2D eigenvalue weighted by Gasteiger charge is -2.41. The lowest BCUT2D eigenvalue weighted by molar-refractivity contribution is -0.0209. The van der Waals surface area contributed by atoms with Crippen molar-refractivity contribution in [3.05, 3.63) is 0 Å².